The van der Waals surface area contributed by atoms with Gasteiger partial charge in [0, 0.05) is 8.41 Å². The van der Waals surface area contributed by atoms with Crippen LogP contribution in [0.5, 0.6) is 5.75 Å². The van der Waals surface area contributed by atoms with Gasteiger partial charge in [-0.3, -0.25) is 0 Å². The third kappa shape index (κ3) is 22.5. The topological polar surface area (TPSA) is 106 Å². The summed E-state index contributed by atoms with van der Waals surface area (Å²) < 4.78 is 0. The molecule has 0 aromatic heterocycles. The lowest BCUT2D eigenvalue weighted by Crippen LogP contribution is -2.18. The molecule has 2 amide bonds. The van der Waals surface area contributed by atoms with Gasteiger partial charge in [0.15, 0.2) is 0 Å². The predicted molar refractivity (Wildman–Crippen MR) is 54.8 cm³/mol. The van der Waals surface area contributed by atoms with Gasteiger partial charge in [-0.1, -0.05) is 18.2 Å². The minimum absolute atomic E-state index is 0. The monoisotopic (exact) mass is 195 g/mol. The first kappa shape index (κ1) is 17.9. The highest BCUT2D eigenvalue weighted by Gasteiger charge is 1.74. The fourth-order valence-corrected chi connectivity index (χ4v) is 0.428. The lowest BCUT2D eigenvalue weighted by Gasteiger charge is -1.82. The highest BCUT2D eigenvalue weighted by Crippen LogP contribution is 2.02. The fraction of sp³-hybridized carbons (Fsp3) is 0. The number of aromatic hydroxyl groups is 1. The molecule has 5 N–H and O–H groups in total. The van der Waals surface area contributed by atoms with Crippen LogP contribution in [0.15, 0.2) is 30.3 Å². The minimum atomic E-state index is -0.833. The lowest BCUT2D eigenvalue weighted by atomic mass is 10.3. The Morgan fingerprint density at radius 3 is 1.57 bits per heavy atom. The van der Waals surface area contributed by atoms with Crippen LogP contribution >= 0.6 is 0 Å². The van der Waals surface area contributed by atoms with Gasteiger partial charge < -0.3 is 21.4 Å². The van der Waals surface area contributed by atoms with Gasteiger partial charge in [-0.05, 0) is 12.1 Å². The number of phenols is 1. The van der Waals surface area contributed by atoms with Gasteiger partial charge in [-0.15, -0.1) is 0 Å². The van der Waals surface area contributed by atoms with Crippen molar-refractivity contribution < 1.29 is 14.7 Å². The second-order valence-corrected chi connectivity index (χ2v) is 1.74. The smallest absolute Gasteiger partial charge is 0.309 e. The largest absolute Gasteiger partial charge is 0.508 e. The summed E-state index contributed by atoms with van der Waals surface area (Å²) in [4.78, 5) is 17.0. The molecular weight excluding hydrogens is 183 g/mol. The Hall–Kier alpha value is -1.98. The molecule has 0 aliphatic heterocycles. The van der Waals surface area contributed by atoms with Crippen molar-refractivity contribution in [2.45, 2.75) is 0 Å². The van der Waals surface area contributed by atoms with E-state index in [1.165, 1.54) is 0 Å². The molecule has 0 aliphatic carbocycles. The summed E-state index contributed by atoms with van der Waals surface area (Å²) in [5.41, 5.74) is 8.50. The molecule has 6 heteroatoms. The van der Waals surface area contributed by atoms with Gasteiger partial charge in [0.05, 0.1) is 0 Å². The number of carbonyl (C=O) groups excluding carboxylic acids is 2. The molecular formula is C8H12BN2O3. The van der Waals surface area contributed by atoms with Crippen LogP contribution in [0.25, 0.3) is 0 Å². The maximum atomic E-state index is 9.00. The van der Waals surface area contributed by atoms with E-state index in [-0.39, 0.29) is 8.41 Å². The van der Waals surface area contributed by atoms with Crippen molar-refractivity contribution in [2.75, 3.05) is 0 Å². The zero-order valence-corrected chi connectivity index (χ0v) is 7.59. The molecule has 0 unspecified atom stereocenters. The van der Waals surface area contributed by atoms with Crippen LogP contribution in [0.4, 0.5) is 4.79 Å². The van der Waals surface area contributed by atoms with E-state index in [0.717, 1.165) is 0 Å². The van der Waals surface area contributed by atoms with Crippen LogP contribution in [-0.4, -0.2) is 26.3 Å². The first-order chi connectivity index (χ1) is 6.13. The van der Waals surface area contributed by atoms with Crippen LogP contribution in [-0.2, 0) is 4.79 Å². The first-order valence-electron chi connectivity index (χ1n) is 3.20. The van der Waals surface area contributed by atoms with Crippen LogP contribution in [0, 0.1) is 0 Å². The Morgan fingerprint density at radius 1 is 1.14 bits per heavy atom. The van der Waals surface area contributed by atoms with Crippen molar-refractivity contribution in [3.63, 3.8) is 0 Å². The quantitative estimate of drug-likeness (QED) is 0.501. The Balaban J connectivity index is -0.000000152. The molecule has 0 heterocycles. The summed E-state index contributed by atoms with van der Waals surface area (Å²) in [6, 6.07) is 7.88. The van der Waals surface area contributed by atoms with Crippen LogP contribution < -0.4 is 11.5 Å². The number of hydrogen-bond acceptors (Lipinski definition) is 3. The number of rotatable bonds is 0. The maximum Gasteiger partial charge on any atom is 0.309 e. The van der Waals surface area contributed by atoms with E-state index in [9.17, 15) is 0 Å². The van der Waals surface area contributed by atoms with E-state index >= 15 is 0 Å². The molecule has 3 radical (unpaired) electrons. The van der Waals surface area contributed by atoms with Crippen molar-refractivity contribution in [2.24, 2.45) is 11.5 Å². The van der Waals surface area contributed by atoms with Gasteiger partial charge >= 0.3 is 6.03 Å². The van der Waals surface area contributed by atoms with Crippen molar-refractivity contribution in [1.82, 2.24) is 0 Å². The highest BCUT2D eigenvalue weighted by molar-refractivity contribution is 5.75. The molecule has 0 saturated carbocycles. The van der Waals surface area contributed by atoms with Gasteiger partial charge in [0.1, 0.15) is 12.5 Å². The van der Waals surface area contributed by atoms with Crippen LogP contribution in [0.1, 0.15) is 0 Å². The van der Waals surface area contributed by atoms with Crippen LogP contribution in [0.2, 0.25) is 0 Å². The van der Waals surface area contributed by atoms with Crippen molar-refractivity contribution in [3.05, 3.63) is 30.3 Å². The van der Waals surface area contributed by atoms with Gasteiger partial charge in [0.25, 0.3) is 0 Å². The van der Waals surface area contributed by atoms with Crippen molar-refractivity contribution in [1.29, 1.82) is 0 Å². The summed E-state index contributed by atoms with van der Waals surface area (Å²) in [7, 11) is 0. The summed E-state index contributed by atoms with van der Waals surface area (Å²) in [6.45, 7) is 2.00. The zero-order chi connectivity index (χ0) is 10.7. The summed E-state index contributed by atoms with van der Waals surface area (Å²) in [6.07, 6.45) is 0. The number of nitrogens with two attached hydrogens (primary N) is 2. The Bertz CT molecular complexity index is 227. The van der Waals surface area contributed by atoms with Gasteiger partial charge in [-0.25, -0.2) is 4.79 Å². The normalized spacial score (nSPS) is 6.29. The Morgan fingerprint density at radius 2 is 1.43 bits per heavy atom. The van der Waals surface area contributed by atoms with Gasteiger partial charge in [-0.2, -0.15) is 0 Å². The Labute approximate surface area is 84.3 Å². The van der Waals surface area contributed by atoms with E-state index in [1.54, 1.807) is 24.3 Å². The van der Waals surface area contributed by atoms with Crippen molar-refractivity contribution >= 4 is 21.2 Å². The number of para-hydroxylation sites is 1. The average molecular weight is 195 g/mol. The lowest BCUT2D eigenvalue weighted by molar-refractivity contribution is -0.0979. The molecule has 75 valence electrons. The summed E-state index contributed by atoms with van der Waals surface area (Å²) in [5, 5.41) is 8.63. The third-order valence-electron chi connectivity index (χ3n) is 0.756. The fourth-order valence-electron chi connectivity index (χ4n) is 0.428. The molecule has 0 aliphatic rings. The molecule has 0 saturated heterocycles. The molecule has 1 aromatic carbocycles. The van der Waals surface area contributed by atoms with E-state index < -0.39 is 6.03 Å². The molecule has 0 atom stereocenters. The number of urea groups is 1. The molecule has 1 aromatic rings. The number of benzene rings is 1. The standard InChI is InChI=1S/C6H6O.CH4N2O.CH2O.B/c7-6-4-2-1-3-5-6;2-1(3)4;1-2;/h1-5,7H;(H4,2,3,4);1H2;. The van der Waals surface area contributed by atoms with E-state index in [0.29, 0.717) is 5.75 Å². The number of carbonyl (C=O) groups is 2. The number of primary amides is 2. The number of phenolic OH excluding ortho intramolecular Hbond substituents is 1. The van der Waals surface area contributed by atoms with E-state index in [4.69, 9.17) is 14.7 Å². The van der Waals surface area contributed by atoms with E-state index in [2.05, 4.69) is 11.5 Å². The van der Waals surface area contributed by atoms with E-state index in [1.807, 2.05) is 12.9 Å². The number of amides is 2. The number of hydrogen-bond donors (Lipinski definition) is 3. The second kappa shape index (κ2) is 13.6. The molecule has 1 rings (SSSR count). The minimum Gasteiger partial charge on any atom is -0.508 e. The summed E-state index contributed by atoms with van der Waals surface area (Å²) in [5.74, 6) is 0.322. The average Bonchev–Trinajstić information content (AvgIpc) is 2.08. The SMILES string of the molecule is C=O.NC(N)=O.Oc1ccccc1.[B]. The summed E-state index contributed by atoms with van der Waals surface area (Å²) >= 11 is 0. The molecule has 0 bridgehead atoms. The zero-order valence-electron chi connectivity index (χ0n) is 7.59. The Kier molecular flexibility index (Phi) is 17.4. The first-order valence-corrected chi connectivity index (χ1v) is 3.20. The second-order valence-electron chi connectivity index (χ2n) is 1.74. The van der Waals surface area contributed by atoms with Crippen molar-refractivity contribution in [3.8, 4) is 5.75 Å². The highest BCUT2D eigenvalue weighted by atomic mass is 16.3. The van der Waals surface area contributed by atoms with Crippen LogP contribution in [0.3, 0.4) is 0 Å². The maximum absolute atomic E-state index is 9.00. The molecule has 14 heavy (non-hydrogen) atoms. The predicted octanol–water partition coefficient (Wildman–Crippen LogP) is -0.150. The molecule has 0 spiro atoms. The third-order valence-corrected chi connectivity index (χ3v) is 0.756. The molecule has 5 nitrogen and oxygen atoms in total. The molecule has 0 fully saturated rings. The van der Waals surface area contributed by atoms with Gasteiger partial charge in [0.2, 0.25) is 0 Å².